The zero-order valence-electron chi connectivity index (χ0n) is 12.4. The first-order valence-corrected chi connectivity index (χ1v) is 7.79. The summed E-state index contributed by atoms with van der Waals surface area (Å²) in [5, 5.41) is 2.45. The van der Waals surface area contributed by atoms with Crippen LogP contribution in [0.25, 0.3) is 0 Å². The molecule has 0 heterocycles. The zero-order valence-corrected chi connectivity index (χ0v) is 13.2. The summed E-state index contributed by atoms with van der Waals surface area (Å²) in [6, 6.07) is -0.683. The molecule has 0 rings (SSSR count). The average Bonchev–Trinajstić information content (AvgIpc) is 2.21. The molecule has 0 aliphatic rings. The number of hydrogen-bond acceptors (Lipinski definition) is 6. The van der Waals surface area contributed by atoms with E-state index >= 15 is 0 Å². The number of halogens is 3. The second kappa shape index (κ2) is 7.27. The number of carbonyl (C=O) groups is 2. The summed E-state index contributed by atoms with van der Waals surface area (Å²) in [5.74, 6) is -4.11. The molecule has 1 amide bonds. The van der Waals surface area contributed by atoms with Gasteiger partial charge in [0.25, 0.3) is 0 Å². The highest BCUT2D eigenvalue weighted by Crippen LogP contribution is 2.19. The number of amides is 1. The molecule has 0 radical (unpaired) electrons. The Morgan fingerprint density at radius 1 is 1.27 bits per heavy atom. The van der Waals surface area contributed by atoms with E-state index in [4.69, 9.17) is 5.73 Å². The molecule has 0 saturated carbocycles. The van der Waals surface area contributed by atoms with Crippen LogP contribution in [-0.4, -0.2) is 43.8 Å². The van der Waals surface area contributed by atoms with Crippen molar-refractivity contribution in [1.82, 2.24) is 5.32 Å². The number of carbonyl (C=O) groups excluding carboxylic acids is 2. The quantitative estimate of drug-likeness (QED) is 0.645. The molecule has 0 bridgehead atoms. The van der Waals surface area contributed by atoms with Gasteiger partial charge in [-0.3, -0.25) is 4.79 Å². The predicted octanol–water partition coefficient (Wildman–Crippen LogP) is 0.444. The Kier molecular flexibility index (Phi) is 6.82. The first-order valence-electron chi connectivity index (χ1n) is 6.22. The molecule has 0 fully saturated rings. The Balaban J connectivity index is 4.75. The first kappa shape index (κ1) is 20.6. The molecular formula is C11H19F3N2O5S. The van der Waals surface area contributed by atoms with Gasteiger partial charge in [0, 0.05) is 18.5 Å². The highest BCUT2D eigenvalue weighted by atomic mass is 32.2. The van der Waals surface area contributed by atoms with Gasteiger partial charge < -0.3 is 15.2 Å². The van der Waals surface area contributed by atoms with E-state index in [-0.39, 0.29) is 12.8 Å². The van der Waals surface area contributed by atoms with Crippen molar-refractivity contribution in [2.45, 2.75) is 51.4 Å². The number of rotatable bonds is 7. The number of alkyl halides is 3. The standard InChI is InChI=1S/C11H19F3N2O5S/c1-7(17)16-8(6-10(2,3)15)4-5-22(19,20)21-9(18)11(12,13)14/h8H,4-6,15H2,1-3H3,(H,16,17). The van der Waals surface area contributed by atoms with E-state index in [0.29, 0.717) is 0 Å². The summed E-state index contributed by atoms with van der Waals surface area (Å²) in [7, 11) is -4.71. The van der Waals surface area contributed by atoms with Gasteiger partial charge in [0.05, 0.1) is 5.75 Å². The smallest absolute Gasteiger partial charge is 0.354 e. The van der Waals surface area contributed by atoms with Gasteiger partial charge in [0.15, 0.2) is 0 Å². The summed E-state index contributed by atoms with van der Waals surface area (Å²) in [6.07, 6.45) is -5.45. The third-order valence-corrected chi connectivity index (χ3v) is 3.47. The normalized spacial score (nSPS) is 14.3. The summed E-state index contributed by atoms with van der Waals surface area (Å²) in [5.41, 5.74) is 5.02. The van der Waals surface area contributed by atoms with Gasteiger partial charge in [-0.25, -0.2) is 4.79 Å². The average molecular weight is 348 g/mol. The van der Waals surface area contributed by atoms with Gasteiger partial charge in [0.1, 0.15) is 0 Å². The lowest BCUT2D eigenvalue weighted by Gasteiger charge is -2.26. The molecule has 0 aromatic rings. The van der Waals surface area contributed by atoms with Crippen molar-refractivity contribution in [2.75, 3.05) is 5.75 Å². The largest absolute Gasteiger partial charge is 0.492 e. The molecular weight excluding hydrogens is 329 g/mol. The van der Waals surface area contributed by atoms with Crippen molar-refractivity contribution in [3.05, 3.63) is 0 Å². The molecule has 0 aliphatic heterocycles. The van der Waals surface area contributed by atoms with Crippen molar-refractivity contribution in [1.29, 1.82) is 0 Å². The summed E-state index contributed by atoms with van der Waals surface area (Å²) < 4.78 is 62.0. The molecule has 1 unspecified atom stereocenters. The van der Waals surface area contributed by atoms with Gasteiger partial charge >= 0.3 is 22.3 Å². The van der Waals surface area contributed by atoms with E-state index in [1.165, 1.54) is 6.92 Å². The molecule has 130 valence electrons. The van der Waals surface area contributed by atoms with Crippen LogP contribution in [0.1, 0.15) is 33.6 Å². The summed E-state index contributed by atoms with van der Waals surface area (Å²) in [6.45, 7) is 4.48. The summed E-state index contributed by atoms with van der Waals surface area (Å²) in [4.78, 5) is 21.6. The van der Waals surface area contributed by atoms with Crippen molar-refractivity contribution in [3.8, 4) is 0 Å². The molecule has 7 nitrogen and oxygen atoms in total. The second-order valence-electron chi connectivity index (χ2n) is 5.51. The van der Waals surface area contributed by atoms with Crippen LogP contribution < -0.4 is 11.1 Å². The number of nitrogens with one attached hydrogen (secondary N) is 1. The van der Waals surface area contributed by atoms with Gasteiger partial charge in [-0.2, -0.15) is 21.6 Å². The maximum atomic E-state index is 12.0. The maximum Gasteiger partial charge on any atom is 0.492 e. The van der Waals surface area contributed by atoms with Crippen LogP contribution in [-0.2, 0) is 23.9 Å². The van der Waals surface area contributed by atoms with E-state index in [1.54, 1.807) is 13.8 Å². The molecule has 1 atom stereocenters. The fourth-order valence-corrected chi connectivity index (χ4v) is 2.62. The number of nitrogens with two attached hydrogens (primary N) is 1. The molecule has 0 aromatic carbocycles. The lowest BCUT2D eigenvalue weighted by Crippen LogP contribution is -2.44. The van der Waals surface area contributed by atoms with Crippen LogP contribution in [0.15, 0.2) is 0 Å². The Morgan fingerprint density at radius 3 is 2.14 bits per heavy atom. The van der Waals surface area contributed by atoms with E-state index in [0.717, 1.165) is 0 Å². The van der Waals surface area contributed by atoms with E-state index in [1.807, 2.05) is 0 Å². The van der Waals surface area contributed by atoms with Crippen molar-refractivity contribution >= 4 is 22.0 Å². The van der Waals surface area contributed by atoms with E-state index in [9.17, 15) is 31.2 Å². The summed E-state index contributed by atoms with van der Waals surface area (Å²) >= 11 is 0. The topological polar surface area (TPSA) is 116 Å². The minimum atomic E-state index is -5.40. The molecule has 3 N–H and O–H groups in total. The molecule has 0 aliphatic carbocycles. The van der Waals surface area contributed by atoms with Crippen LogP contribution in [0.5, 0.6) is 0 Å². The predicted molar refractivity (Wildman–Crippen MR) is 71.0 cm³/mol. The fourth-order valence-electron chi connectivity index (χ4n) is 1.64. The van der Waals surface area contributed by atoms with Crippen molar-refractivity contribution in [2.24, 2.45) is 5.73 Å². The van der Waals surface area contributed by atoms with Gasteiger partial charge in [-0.1, -0.05) is 0 Å². The molecule has 0 spiro atoms. The van der Waals surface area contributed by atoms with Crippen LogP contribution in [0.2, 0.25) is 0 Å². The Morgan fingerprint density at radius 2 is 1.77 bits per heavy atom. The van der Waals surface area contributed by atoms with Crippen molar-refractivity contribution in [3.63, 3.8) is 0 Å². The highest BCUT2D eigenvalue weighted by Gasteiger charge is 2.43. The lowest BCUT2D eigenvalue weighted by atomic mass is 9.95. The van der Waals surface area contributed by atoms with Gasteiger partial charge in [-0.15, -0.1) is 0 Å². The monoisotopic (exact) mass is 348 g/mol. The molecule has 0 saturated heterocycles. The van der Waals surface area contributed by atoms with Crippen molar-refractivity contribution < 1.29 is 35.4 Å². The fraction of sp³-hybridized carbons (Fsp3) is 0.818. The zero-order chi connectivity index (χ0) is 17.8. The third kappa shape index (κ3) is 9.55. The Bertz CT molecular complexity index is 511. The first-order chi connectivity index (χ1) is 9.62. The second-order valence-corrected chi connectivity index (χ2v) is 7.20. The SMILES string of the molecule is CC(=O)NC(CCS(=O)(=O)OC(=O)C(F)(F)F)CC(C)(C)N. The van der Waals surface area contributed by atoms with Crippen LogP contribution in [0.3, 0.4) is 0 Å². The molecule has 0 aromatic heterocycles. The Hall–Kier alpha value is -1.36. The van der Waals surface area contributed by atoms with Crippen LogP contribution in [0.4, 0.5) is 13.2 Å². The van der Waals surface area contributed by atoms with Gasteiger partial charge in [0.2, 0.25) is 5.91 Å². The number of hydrogen-bond donors (Lipinski definition) is 2. The van der Waals surface area contributed by atoms with Gasteiger partial charge in [-0.05, 0) is 26.7 Å². The Labute approximate surface area is 126 Å². The lowest BCUT2D eigenvalue weighted by molar-refractivity contribution is -0.189. The minimum Gasteiger partial charge on any atom is -0.354 e. The van der Waals surface area contributed by atoms with E-state index < -0.39 is 45.5 Å². The third-order valence-electron chi connectivity index (χ3n) is 2.33. The highest BCUT2D eigenvalue weighted by molar-refractivity contribution is 7.87. The van der Waals surface area contributed by atoms with Crippen LogP contribution >= 0.6 is 0 Å². The van der Waals surface area contributed by atoms with Crippen LogP contribution in [0, 0.1) is 0 Å². The molecule has 22 heavy (non-hydrogen) atoms. The minimum absolute atomic E-state index is 0.190. The molecule has 11 heteroatoms. The maximum absolute atomic E-state index is 12.0. The van der Waals surface area contributed by atoms with E-state index in [2.05, 4.69) is 9.50 Å².